The molecule has 4 nitrogen and oxygen atoms in total. The summed E-state index contributed by atoms with van der Waals surface area (Å²) in [6.07, 6.45) is 0.574. The van der Waals surface area contributed by atoms with Crippen molar-refractivity contribution in [3.05, 3.63) is 0 Å². The van der Waals surface area contributed by atoms with E-state index in [0.717, 1.165) is 6.42 Å². The zero-order valence-electron chi connectivity index (χ0n) is 7.25. The van der Waals surface area contributed by atoms with Crippen molar-refractivity contribution in [1.82, 2.24) is 0 Å². The molecule has 70 valence electrons. The standard InChI is InChI=1S/C8H14O4/c1-2-3-11-8-6-10-4-7(9)5-12-8/h8H,2-6H2,1H3. The quantitative estimate of drug-likeness (QED) is 0.619. The van der Waals surface area contributed by atoms with Gasteiger partial charge in [0.05, 0.1) is 6.61 Å². The summed E-state index contributed by atoms with van der Waals surface area (Å²) >= 11 is 0. The SMILES string of the molecule is CCCOC1COCC(=O)CO1. The van der Waals surface area contributed by atoms with Crippen molar-refractivity contribution in [2.24, 2.45) is 0 Å². The second-order valence-corrected chi connectivity index (χ2v) is 2.67. The lowest BCUT2D eigenvalue weighted by Crippen LogP contribution is -2.22. The minimum absolute atomic E-state index is 0.0300. The molecular formula is C8H14O4. The van der Waals surface area contributed by atoms with E-state index in [1.807, 2.05) is 6.92 Å². The van der Waals surface area contributed by atoms with E-state index in [2.05, 4.69) is 0 Å². The Bertz CT molecular complexity index is 146. The van der Waals surface area contributed by atoms with E-state index in [9.17, 15) is 4.79 Å². The molecule has 12 heavy (non-hydrogen) atoms. The number of hydrogen-bond donors (Lipinski definition) is 0. The number of rotatable bonds is 3. The van der Waals surface area contributed by atoms with Gasteiger partial charge in [0, 0.05) is 6.61 Å². The van der Waals surface area contributed by atoms with Gasteiger partial charge in [-0.2, -0.15) is 0 Å². The molecule has 0 spiro atoms. The summed E-state index contributed by atoms with van der Waals surface area (Å²) in [4.78, 5) is 10.8. The molecule has 0 amide bonds. The largest absolute Gasteiger partial charge is 0.368 e. The molecule has 0 aromatic carbocycles. The molecule has 0 radical (unpaired) electrons. The smallest absolute Gasteiger partial charge is 0.184 e. The highest BCUT2D eigenvalue weighted by atomic mass is 16.7. The summed E-state index contributed by atoms with van der Waals surface area (Å²) in [5, 5.41) is 0. The Hall–Kier alpha value is -0.450. The first-order valence-electron chi connectivity index (χ1n) is 4.15. The summed E-state index contributed by atoms with van der Waals surface area (Å²) in [6.45, 7) is 3.26. The van der Waals surface area contributed by atoms with Crippen molar-refractivity contribution >= 4 is 5.78 Å². The number of ether oxygens (including phenoxy) is 3. The van der Waals surface area contributed by atoms with E-state index >= 15 is 0 Å². The van der Waals surface area contributed by atoms with Crippen LogP contribution in [0.3, 0.4) is 0 Å². The maximum Gasteiger partial charge on any atom is 0.184 e. The minimum atomic E-state index is -0.364. The Labute approximate surface area is 71.8 Å². The van der Waals surface area contributed by atoms with Crippen molar-refractivity contribution < 1.29 is 19.0 Å². The van der Waals surface area contributed by atoms with Gasteiger partial charge >= 0.3 is 0 Å². The molecule has 0 aromatic rings. The third kappa shape index (κ3) is 3.30. The summed E-state index contributed by atoms with van der Waals surface area (Å²) in [5.74, 6) is -0.0300. The molecule has 0 saturated carbocycles. The molecule has 0 bridgehead atoms. The predicted octanol–water partition coefficient (Wildman–Crippen LogP) is 0.355. The van der Waals surface area contributed by atoms with Crippen LogP contribution in [0.4, 0.5) is 0 Å². The Morgan fingerprint density at radius 2 is 2.42 bits per heavy atom. The van der Waals surface area contributed by atoms with Crippen molar-refractivity contribution in [2.75, 3.05) is 26.4 Å². The second kappa shape index (κ2) is 5.24. The van der Waals surface area contributed by atoms with Gasteiger partial charge < -0.3 is 14.2 Å². The van der Waals surface area contributed by atoms with Gasteiger partial charge in [-0.3, -0.25) is 4.79 Å². The van der Waals surface area contributed by atoms with Gasteiger partial charge in [-0.05, 0) is 6.42 Å². The van der Waals surface area contributed by atoms with Crippen molar-refractivity contribution in [3.63, 3.8) is 0 Å². The summed E-state index contributed by atoms with van der Waals surface area (Å²) < 4.78 is 15.4. The van der Waals surface area contributed by atoms with E-state index in [4.69, 9.17) is 14.2 Å². The normalized spacial score (nSPS) is 25.4. The van der Waals surface area contributed by atoms with Crippen LogP contribution in [0.15, 0.2) is 0 Å². The number of ketones is 1. The average Bonchev–Trinajstić information content (AvgIpc) is 2.27. The Kier molecular flexibility index (Phi) is 4.21. The first-order chi connectivity index (χ1) is 5.83. The molecule has 1 rings (SSSR count). The minimum Gasteiger partial charge on any atom is -0.368 e. The maximum absolute atomic E-state index is 10.8. The van der Waals surface area contributed by atoms with Crippen LogP contribution in [0.25, 0.3) is 0 Å². The fourth-order valence-corrected chi connectivity index (χ4v) is 0.890. The lowest BCUT2D eigenvalue weighted by Gasteiger charge is -2.13. The van der Waals surface area contributed by atoms with Gasteiger partial charge in [-0.25, -0.2) is 0 Å². The summed E-state index contributed by atoms with van der Waals surface area (Å²) in [7, 11) is 0. The first-order valence-corrected chi connectivity index (χ1v) is 4.15. The number of carbonyl (C=O) groups excluding carboxylic acids is 1. The highest BCUT2D eigenvalue weighted by Gasteiger charge is 2.16. The molecular weight excluding hydrogens is 160 g/mol. The van der Waals surface area contributed by atoms with Gasteiger partial charge in [0.2, 0.25) is 0 Å². The van der Waals surface area contributed by atoms with Crippen LogP contribution < -0.4 is 0 Å². The average molecular weight is 174 g/mol. The van der Waals surface area contributed by atoms with Crippen molar-refractivity contribution in [3.8, 4) is 0 Å². The molecule has 1 atom stereocenters. The molecule has 1 heterocycles. The fraction of sp³-hybridized carbons (Fsp3) is 0.875. The van der Waals surface area contributed by atoms with Crippen LogP contribution in [0.5, 0.6) is 0 Å². The molecule has 1 unspecified atom stereocenters. The number of carbonyl (C=O) groups is 1. The van der Waals surface area contributed by atoms with E-state index in [1.165, 1.54) is 0 Å². The fourth-order valence-electron chi connectivity index (χ4n) is 0.890. The van der Waals surface area contributed by atoms with Crippen molar-refractivity contribution in [2.45, 2.75) is 19.6 Å². The van der Waals surface area contributed by atoms with E-state index < -0.39 is 0 Å². The molecule has 0 aromatic heterocycles. The van der Waals surface area contributed by atoms with Gasteiger partial charge in [-0.1, -0.05) is 6.92 Å². The van der Waals surface area contributed by atoms with Gasteiger partial charge in [0.15, 0.2) is 12.1 Å². The van der Waals surface area contributed by atoms with Gasteiger partial charge in [0.1, 0.15) is 13.2 Å². The van der Waals surface area contributed by atoms with E-state index in [0.29, 0.717) is 13.2 Å². The molecule has 0 aliphatic carbocycles. The second-order valence-electron chi connectivity index (χ2n) is 2.67. The number of hydrogen-bond acceptors (Lipinski definition) is 4. The van der Waals surface area contributed by atoms with Gasteiger partial charge in [0.25, 0.3) is 0 Å². The predicted molar refractivity (Wildman–Crippen MR) is 41.8 cm³/mol. The third-order valence-electron chi connectivity index (χ3n) is 1.46. The highest BCUT2D eigenvalue weighted by molar-refractivity contribution is 5.81. The van der Waals surface area contributed by atoms with Crippen LogP contribution in [-0.4, -0.2) is 38.5 Å². The van der Waals surface area contributed by atoms with Crippen LogP contribution in [-0.2, 0) is 19.0 Å². The van der Waals surface area contributed by atoms with E-state index in [-0.39, 0.29) is 25.3 Å². The lowest BCUT2D eigenvalue weighted by molar-refractivity contribution is -0.157. The van der Waals surface area contributed by atoms with E-state index in [1.54, 1.807) is 0 Å². The zero-order chi connectivity index (χ0) is 8.81. The van der Waals surface area contributed by atoms with Crippen LogP contribution in [0.1, 0.15) is 13.3 Å². The number of Topliss-reactive ketones (excluding diaryl/α,β-unsaturated/α-hetero) is 1. The zero-order valence-corrected chi connectivity index (χ0v) is 7.25. The molecule has 4 heteroatoms. The van der Waals surface area contributed by atoms with Crippen LogP contribution >= 0.6 is 0 Å². The summed E-state index contributed by atoms with van der Waals surface area (Å²) in [6, 6.07) is 0. The Balaban J connectivity index is 2.21. The molecule has 1 fully saturated rings. The highest BCUT2D eigenvalue weighted by Crippen LogP contribution is 2.01. The Morgan fingerprint density at radius 1 is 1.58 bits per heavy atom. The van der Waals surface area contributed by atoms with Gasteiger partial charge in [-0.15, -0.1) is 0 Å². The molecule has 1 saturated heterocycles. The third-order valence-corrected chi connectivity index (χ3v) is 1.46. The summed E-state index contributed by atoms with van der Waals surface area (Å²) in [5.41, 5.74) is 0. The van der Waals surface area contributed by atoms with Crippen molar-refractivity contribution in [1.29, 1.82) is 0 Å². The lowest BCUT2D eigenvalue weighted by atomic mass is 10.5. The molecule has 1 aliphatic heterocycles. The van der Waals surface area contributed by atoms with Crippen LogP contribution in [0, 0.1) is 0 Å². The first kappa shape index (κ1) is 9.64. The molecule has 0 N–H and O–H groups in total. The molecule has 1 aliphatic rings. The topological polar surface area (TPSA) is 44.8 Å². The Morgan fingerprint density at radius 3 is 3.17 bits per heavy atom. The monoisotopic (exact) mass is 174 g/mol. The van der Waals surface area contributed by atoms with Crippen LogP contribution in [0.2, 0.25) is 0 Å². The maximum atomic E-state index is 10.8.